The van der Waals surface area contributed by atoms with Gasteiger partial charge in [0, 0.05) is 18.7 Å². The highest BCUT2D eigenvalue weighted by molar-refractivity contribution is 7.92. The predicted octanol–water partition coefficient (Wildman–Crippen LogP) is 4.01. The van der Waals surface area contributed by atoms with Crippen LogP contribution in [0.15, 0.2) is 53.1 Å². The molecule has 0 aliphatic heterocycles. The third-order valence-electron chi connectivity index (χ3n) is 6.55. The first kappa shape index (κ1) is 24.2. The number of anilines is 2. The minimum Gasteiger partial charge on any atom is -0.439 e. The Morgan fingerprint density at radius 3 is 2.59 bits per heavy atom. The van der Waals surface area contributed by atoms with Gasteiger partial charge in [0.05, 0.1) is 18.0 Å². The lowest BCUT2D eigenvalue weighted by Crippen LogP contribution is -2.35. The summed E-state index contributed by atoms with van der Waals surface area (Å²) in [6, 6.07) is 13.7. The molecule has 2 aromatic heterocycles. The summed E-state index contributed by atoms with van der Waals surface area (Å²) in [4.78, 5) is 9.02. The Hall–Kier alpha value is -2.91. The Kier molecular flexibility index (Phi) is 6.44. The molecule has 3 aromatic rings. The summed E-state index contributed by atoms with van der Waals surface area (Å²) in [7, 11) is -2.01. The van der Waals surface area contributed by atoms with Gasteiger partial charge in [-0.25, -0.2) is 18.4 Å². The monoisotopic (exact) mass is 483 g/mol. The predicted molar refractivity (Wildman–Crippen MR) is 135 cm³/mol. The van der Waals surface area contributed by atoms with Gasteiger partial charge in [-0.05, 0) is 56.2 Å². The van der Waals surface area contributed by atoms with E-state index in [1.807, 2.05) is 43.3 Å². The SMILES string of the molecule is CC(Nc1cc(-c2ncc(C(C)(N)Cc3ccccc3)o2)cc(N(C)S(C)(=O)=O)n1)[C@H]1C[C@@H]1C. The second-order valence-corrected chi connectivity index (χ2v) is 11.8. The first-order chi connectivity index (χ1) is 15.9. The van der Waals surface area contributed by atoms with Crippen LogP contribution in [0.3, 0.4) is 0 Å². The Labute approximate surface area is 201 Å². The molecule has 0 bridgehead atoms. The van der Waals surface area contributed by atoms with Gasteiger partial charge in [0.15, 0.2) is 0 Å². The van der Waals surface area contributed by atoms with Crippen molar-refractivity contribution in [3.05, 3.63) is 60.0 Å². The highest BCUT2D eigenvalue weighted by Crippen LogP contribution is 2.41. The number of hydrogen-bond acceptors (Lipinski definition) is 7. The maximum atomic E-state index is 12.2. The van der Waals surface area contributed by atoms with Gasteiger partial charge in [-0.3, -0.25) is 4.31 Å². The van der Waals surface area contributed by atoms with Crippen molar-refractivity contribution in [2.75, 3.05) is 22.9 Å². The molecule has 0 saturated heterocycles. The number of sulfonamides is 1. The fraction of sp³-hybridized carbons (Fsp3) is 0.440. The zero-order valence-corrected chi connectivity index (χ0v) is 21.1. The van der Waals surface area contributed by atoms with E-state index >= 15 is 0 Å². The molecule has 8 nitrogen and oxygen atoms in total. The molecule has 3 N–H and O–H groups in total. The van der Waals surface area contributed by atoms with Crippen LogP contribution in [0, 0.1) is 11.8 Å². The molecule has 34 heavy (non-hydrogen) atoms. The Morgan fingerprint density at radius 1 is 1.29 bits per heavy atom. The second-order valence-electron chi connectivity index (χ2n) is 9.75. The van der Waals surface area contributed by atoms with Crippen molar-refractivity contribution < 1.29 is 12.8 Å². The van der Waals surface area contributed by atoms with Crippen LogP contribution in [0.2, 0.25) is 0 Å². The van der Waals surface area contributed by atoms with Gasteiger partial charge in [-0.15, -0.1) is 0 Å². The summed E-state index contributed by atoms with van der Waals surface area (Å²) in [5.41, 5.74) is 7.56. The fourth-order valence-electron chi connectivity index (χ4n) is 4.21. The van der Waals surface area contributed by atoms with Crippen LogP contribution < -0.4 is 15.4 Å². The van der Waals surface area contributed by atoms with Crippen LogP contribution in [-0.4, -0.2) is 37.7 Å². The average Bonchev–Trinajstić information content (AvgIpc) is 3.29. The lowest BCUT2D eigenvalue weighted by Gasteiger charge is -2.22. The lowest BCUT2D eigenvalue weighted by atomic mass is 9.92. The minimum atomic E-state index is -3.49. The minimum absolute atomic E-state index is 0.215. The number of nitrogens with two attached hydrogens (primary N) is 1. The van der Waals surface area contributed by atoms with E-state index in [2.05, 4.69) is 29.1 Å². The number of pyridine rings is 1. The number of nitrogens with zero attached hydrogens (tertiary/aromatic N) is 3. The molecule has 0 spiro atoms. The van der Waals surface area contributed by atoms with Crippen molar-refractivity contribution in [3.8, 4) is 11.5 Å². The van der Waals surface area contributed by atoms with Crippen LogP contribution in [0.4, 0.5) is 11.6 Å². The summed E-state index contributed by atoms with van der Waals surface area (Å²) in [5, 5.41) is 3.43. The third kappa shape index (κ3) is 5.42. The number of hydrogen-bond donors (Lipinski definition) is 2. The van der Waals surface area contributed by atoms with Gasteiger partial charge in [0.2, 0.25) is 15.9 Å². The summed E-state index contributed by atoms with van der Waals surface area (Å²) < 4.78 is 31.6. The first-order valence-corrected chi connectivity index (χ1v) is 13.3. The smallest absolute Gasteiger partial charge is 0.233 e. The molecule has 1 fully saturated rings. The number of rotatable bonds is 9. The largest absolute Gasteiger partial charge is 0.439 e. The van der Waals surface area contributed by atoms with E-state index in [4.69, 9.17) is 10.2 Å². The standard InChI is InChI=1S/C25H33N5O3S/c1-16-11-20(16)17(2)28-22-12-19(13-23(29-22)30(4)34(5,31)32)24-27-15-21(33-24)25(3,26)14-18-9-7-6-8-10-18/h6-10,12-13,15-17,20H,11,14,26H2,1-5H3,(H,28,29)/t16-,17?,20-,25?/m0/s1. The molecule has 1 saturated carbocycles. The number of benzene rings is 1. The fourth-order valence-corrected chi connectivity index (χ4v) is 4.64. The molecular formula is C25H33N5O3S. The van der Waals surface area contributed by atoms with E-state index in [1.54, 1.807) is 12.3 Å². The quantitative estimate of drug-likeness (QED) is 0.473. The van der Waals surface area contributed by atoms with Crippen molar-refractivity contribution in [1.29, 1.82) is 0 Å². The van der Waals surface area contributed by atoms with Gasteiger partial charge in [-0.1, -0.05) is 37.3 Å². The molecule has 4 atom stereocenters. The molecule has 4 rings (SSSR count). The van der Waals surface area contributed by atoms with E-state index in [9.17, 15) is 8.42 Å². The van der Waals surface area contributed by atoms with Crippen LogP contribution in [0.1, 0.15) is 38.5 Å². The van der Waals surface area contributed by atoms with Crippen LogP contribution in [-0.2, 0) is 22.0 Å². The summed E-state index contributed by atoms with van der Waals surface area (Å²) in [5.74, 6) is 3.03. The molecule has 0 radical (unpaired) electrons. The molecule has 9 heteroatoms. The molecule has 1 aromatic carbocycles. The maximum Gasteiger partial charge on any atom is 0.233 e. The summed E-state index contributed by atoms with van der Waals surface area (Å²) >= 11 is 0. The Balaban J connectivity index is 1.66. The second kappa shape index (κ2) is 9.03. The summed E-state index contributed by atoms with van der Waals surface area (Å²) in [6.45, 7) is 6.25. The molecule has 2 unspecified atom stereocenters. The van der Waals surface area contributed by atoms with E-state index < -0.39 is 15.6 Å². The van der Waals surface area contributed by atoms with Crippen LogP contribution in [0.25, 0.3) is 11.5 Å². The van der Waals surface area contributed by atoms with Gasteiger partial charge >= 0.3 is 0 Å². The Morgan fingerprint density at radius 2 is 1.97 bits per heavy atom. The van der Waals surface area contributed by atoms with E-state index in [0.717, 1.165) is 16.1 Å². The molecule has 1 aliphatic rings. The topological polar surface area (TPSA) is 114 Å². The van der Waals surface area contributed by atoms with E-state index in [0.29, 0.717) is 41.3 Å². The Bertz CT molecular complexity index is 1260. The van der Waals surface area contributed by atoms with Crippen molar-refractivity contribution >= 4 is 21.7 Å². The molecule has 182 valence electrons. The van der Waals surface area contributed by atoms with Crippen LogP contribution in [0.5, 0.6) is 0 Å². The van der Waals surface area contributed by atoms with Crippen molar-refractivity contribution in [2.24, 2.45) is 17.6 Å². The van der Waals surface area contributed by atoms with E-state index in [1.165, 1.54) is 13.5 Å². The van der Waals surface area contributed by atoms with Crippen LogP contribution >= 0.6 is 0 Å². The molecule has 2 heterocycles. The van der Waals surface area contributed by atoms with Crippen molar-refractivity contribution in [1.82, 2.24) is 9.97 Å². The van der Waals surface area contributed by atoms with E-state index in [-0.39, 0.29) is 11.9 Å². The first-order valence-electron chi connectivity index (χ1n) is 11.5. The molecule has 1 aliphatic carbocycles. The zero-order chi connectivity index (χ0) is 24.7. The molecular weight excluding hydrogens is 450 g/mol. The summed E-state index contributed by atoms with van der Waals surface area (Å²) in [6.07, 6.45) is 4.55. The van der Waals surface area contributed by atoms with Crippen molar-refractivity contribution in [3.63, 3.8) is 0 Å². The number of oxazole rings is 1. The number of nitrogens with one attached hydrogen (secondary N) is 1. The zero-order valence-electron chi connectivity index (χ0n) is 20.3. The van der Waals surface area contributed by atoms with Gasteiger partial charge in [0.1, 0.15) is 17.4 Å². The highest BCUT2D eigenvalue weighted by Gasteiger charge is 2.37. The number of aromatic nitrogens is 2. The van der Waals surface area contributed by atoms with Gasteiger partial charge in [-0.2, -0.15) is 0 Å². The normalized spacial score (nSPS) is 20.4. The third-order valence-corrected chi connectivity index (χ3v) is 7.73. The highest BCUT2D eigenvalue weighted by atomic mass is 32.2. The van der Waals surface area contributed by atoms with Crippen molar-refractivity contribution in [2.45, 2.75) is 45.2 Å². The molecule has 0 amide bonds. The van der Waals surface area contributed by atoms with Gasteiger partial charge in [0.25, 0.3) is 0 Å². The van der Waals surface area contributed by atoms with Gasteiger partial charge < -0.3 is 15.5 Å². The lowest BCUT2D eigenvalue weighted by molar-refractivity contribution is 0.371. The average molecular weight is 484 g/mol. The maximum absolute atomic E-state index is 12.2.